The van der Waals surface area contributed by atoms with Gasteiger partial charge in [-0.15, -0.1) is 0 Å². The predicted octanol–water partition coefficient (Wildman–Crippen LogP) is 3.59. The van der Waals surface area contributed by atoms with Gasteiger partial charge >= 0.3 is 0 Å². The third kappa shape index (κ3) is 2.74. The number of furan rings is 1. The van der Waals surface area contributed by atoms with E-state index in [4.69, 9.17) is 4.42 Å². The van der Waals surface area contributed by atoms with Crippen LogP contribution in [0.1, 0.15) is 33.5 Å². The van der Waals surface area contributed by atoms with Crippen LogP contribution in [-0.4, -0.2) is 16.7 Å². The maximum Gasteiger partial charge on any atom is 0.291 e. The molecule has 22 heavy (non-hydrogen) atoms. The maximum absolute atomic E-state index is 12.2. The quantitative estimate of drug-likeness (QED) is 0.749. The molecule has 5 heteroatoms. The van der Waals surface area contributed by atoms with Gasteiger partial charge in [-0.1, -0.05) is 0 Å². The van der Waals surface area contributed by atoms with Crippen LogP contribution in [0, 0.1) is 6.92 Å². The number of aryl methyl sites for hydroxylation is 1. The number of anilines is 1. The minimum atomic E-state index is -0.355. The van der Waals surface area contributed by atoms with Crippen molar-refractivity contribution in [3.8, 4) is 0 Å². The number of pyridine rings is 1. The third-order valence-electron chi connectivity index (χ3n) is 3.29. The van der Waals surface area contributed by atoms with Gasteiger partial charge in [-0.3, -0.25) is 9.59 Å². The zero-order valence-electron chi connectivity index (χ0n) is 12.2. The second-order valence-corrected chi connectivity index (χ2v) is 5.03. The van der Waals surface area contributed by atoms with Crippen LogP contribution in [0.5, 0.6) is 0 Å². The van der Waals surface area contributed by atoms with Crippen molar-refractivity contribution in [2.75, 3.05) is 5.32 Å². The van der Waals surface area contributed by atoms with E-state index in [-0.39, 0.29) is 17.5 Å². The van der Waals surface area contributed by atoms with E-state index in [1.807, 2.05) is 13.0 Å². The second kappa shape index (κ2) is 5.44. The largest absolute Gasteiger partial charge is 0.449 e. The number of hydrogen-bond donors (Lipinski definition) is 1. The number of carbonyl (C=O) groups is 2. The van der Waals surface area contributed by atoms with E-state index in [0.29, 0.717) is 22.4 Å². The number of aromatic nitrogens is 1. The van der Waals surface area contributed by atoms with Crippen molar-refractivity contribution < 1.29 is 14.0 Å². The van der Waals surface area contributed by atoms with Gasteiger partial charge in [0.15, 0.2) is 17.1 Å². The summed E-state index contributed by atoms with van der Waals surface area (Å²) in [5.74, 6) is -0.174. The number of nitrogens with one attached hydrogen (secondary N) is 1. The highest BCUT2D eigenvalue weighted by atomic mass is 16.3. The number of benzene rings is 1. The first kappa shape index (κ1) is 14.0. The van der Waals surface area contributed by atoms with Gasteiger partial charge in [0.25, 0.3) is 5.91 Å². The number of hydrogen-bond acceptors (Lipinski definition) is 4. The van der Waals surface area contributed by atoms with Crippen LogP contribution in [-0.2, 0) is 0 Å². The summed E-state index contributed by atoms with van der Waals surface area (Å²) in [6.45, 7) is 3.37. The van der Waals surface area contributed by atoms with Gasteiger partial charge in [-0.2, -0.15) is 0 Å². The smallest absolute Gasteiger partial charge is 0.291 e. The first-order chi connectivity index (χ1) is 10.5. The minimum absolute atomic E-state index is 0.0170. The zero-order chi connectivity index (χ0) is 15.7. The molecule has 110 valence electrons. The summed E-state index contributed by atoms with van der Waals surface area (Å²) in [5.41, 5.74) is 3.28. The van der Waals surface area contributed by atoms with Crippen molar-refractivity contribution in [3.05, 3.63) is 59.5 Å². The number of Topliss-reactive ketones (excluding diaryl/α,β-unsaturated/α-hetero) is 1. The zero-order valence-corrected chi connectivity index (χ0v) is 12.2. The molecule has 0 radical (unpaired) electrons. The second-order valence-electron chi connectivity index (χ2n) is 5.03. The molecule has 5 nitrogen and oxygen atoms in total. The van der Waals surface area contributed by atoms with Gasteiger partial charge in [0, 0.05) is 23.0 Å². The fourth-order valence-corrected chi connectivity index (χ4v) is 2.12. The Morgan fingerprint density at radius 3 is 2.50 bits per heavy atom. The molecule has 0 fully saturated rings. The van der Waals surface area contributed by atoms with Crippen LogP contribution in [0.2, 0.25) is 0 Å². The van der Waals surface area contributed by atoms with Crippen molar-refractivity contribution in [3.63, 3.8) is 0 Å². The summed E-state index contributed by atoms with van der Waals surface area (Å²) < 4.78 is 5.49. The number of amides is 1. The van der Waals surface area contributed by atoms with Gasteiger partial charge < -0.3 is 9.73 Å². The fraction of sp³-hybridized carbons (Fsp3) is 0.118. The Hall–Kier alpha value is -2.95. The molecule has 2 heterocycles. The van der Waals surface area contributed by atoms with Crippen LogP contribution in [0.25, 0.3) is 11.1 Å². The van der Waals surface area contributed by atoms with Crippen molar-refractivity contribution in [2.24, 2.45) is 0 Å². The van der Waals surface area contributed by atoms with Crippen molar-refractivity contribution in [1.29, 1.82) is 0 Å². The Bertz CT molecular complexity index is 863. The summed E-state index contributed by atoms with van der Waals surface area (Å²) in [6.07, 6.45) is 0. The summed E-state index contributed by atoms with van der Waals surface area (Å²) in [6, 6.07) is 11.9. The molecule has 0 saturated carbocycles. The molecule has 0 atom stereocenters. The molecule has 2 aromatic heterocycles. The minimum Gasteiger partial charge on any atom is -0.449 e. The SMILES string of the molecule is CC(=O)c1ccc(NC(=O)c2cc3nc(C)ccc3o2)cc1. The van der Waals surface area contributed by atoms with Gasteiger partial charge in [-0.05, 0) is 50.2 Å². The number of carbonyl (C=O) groups excluding carboxylic acids is 2. The number of nitrogens with zero attached hydrogens (tertiary/aromatic N) is 1. The number of rotatable bonds is 3. The van der Waals surface area contributed by atoms with Crippen LogP contribution in [0.3, 0.4) is 0 Å². The topological polar surface area (TPSA) is 72.2 Å². The van der Waals surface area contributed by atoms with E-state index in [1.54, 1.807) is 36.4 Å². The fourth-order valence-electron chi connectivity index (χ4n) is 2.12. The monoisotopic (exact) mass is 294 g/mol. The van der Waals surface area contributed by atoms with Crippen LogP contribution in [0.4, 0.5) is 5.69 Å². The van der Waals surface area contributed by atoms with Crippen molar-refractivity contribution in [2.45, 2.75) is 13.8 Å². The molecule has 1 aromatic carbocycles. The standard InChI is InChI=1S/C17H14N2O3/c1-10-3-8-15-14(18-10)9-16(22-15)17(21)19-13-6-4-12(5-7-13)11(2)20/h3-9H,1-2H3,(H,19,21). The molecule has 0 saturated heterocycles. The van der Waals surface area contributed by atoms with Gasteiger partial charge in [0.05, 0.1) is 0 Å². The summed E-state index contributed by atoms with van der Waals surface area (Å²) in [7, 11) is 0. The molecule has 0 unspecified atom stereocenters. The van der Waals surface area contributed by atoms with Gasteiger partial charge in [0.1, 0.15) is 5.52 Å². The average Bonchev–Trinajstić information content (AvgIpc) is 2.91. The highest BCUT2D eigenvalue weighted by Gasteiger charge is 2.13. The van der Waals surface area contributed by atoms with E-state index in [2.05, 4.69) is 10.3 Å². The van der Waals surface area contributed by atoms with E-state index >= 15 is 0 Å². The van der Waals surface area contributed by atoms with E-state index < -0.39 is 0 Å². The van der Waals surface area contributed by atoms with Crippen molar-refractivity contribution >= 4 is 28.5 Å². The van der Waals surface area contributed by atoms with Crippen molar-refractivity contribution in [1.82, 2.24) is 4.98 Å². The Morgan fingerprint density at radius 2 is 1.82 bits per heavy atom. The normalized spacial score (nSPS) is 10.6. The Morgan fingerprint density at radius 1 is 1.09 bits per heavy atom. The lowest BCUT2D eigenvalue weighted by Gasteiger charge is -2.03. The lowest BCUT2D eigenvalue weighted by atomic mass is 10.1. The van der Waals surface area contributed by atoms with Gasteiger partial charge in [-0.25, -0.2) is 4.98 Å². The average molecular weight is 294 g/mol. The molecule has 0 bridgehead atoms. The van der Waals surface area contributed by atoms with Gasteiger partial charge in [0.2, 0.25) is 0 Å². The molecule has 0 spiro atoms. The molecule has 0 aliphatic heterocycles. The van der Waals surface area contributed by atoms with Crippen LogP contribution >= 0.6 is 0 Å². The Balaban J connectivity index is 1.81. The lowest BCUT2D eigenvalue weighted by Crippen LogP contribution is -2.10. The molecule has 0 aliphatic rings. The summed E-state index contributed by atoms with van der Waals surface area (Å²) in [4.78, 5) is 27.7. The first-order valence-corrected chi connectivity index (χ1v) is 6.82. The lowest BCUT2D eigenvalue weighted by molar-refractivity contribution is 0.0996. The third-order valence-corrected chi connectivity index (χ3v) is 3.29. The molecule has 1 amide bonds. The number of ketones is 1. The van der Waals surface area contributed by atoms with E-state index in [9.17, 15) is 9.59 Å². The highest BCUT2D eigenvalue weighted by molar-refractivity contribution is 6.04. The van der Waals surface area contributed by atoms with E-state index in [0.717, 1.165) is 5.69 Å². The molecule has 0 aliphatic carbocycles. The Labute approximate surface area is 127 Å². The number of fused-ring (bicyclic) bond motifs is 1. The van der Waals surface area contributed by atoms with E-state index in [1.165, 1.54) is 6.92 Å². The molecular weight excluding hydrogens is 280 g/mol. The molecular formula is C17H14N2O3. The summed E-state index contributed by atoms with van der Waals surface area (Å²) >= 11 is 0. The van der Waals surface area contributed by atoms with Crippen LogP contribution < -0.4 is 5.32 Å². The summed E-state index contributed by atoms with van der Waals surface area (Å²) in [5, 5.41) is 2.73. The molecule has 1 N–H and O–H groups in total. The highest BCUT2D eigenvalue weighted by Crippen LogP contribution is 2.19. The molecule has 3 rings (SSSR count). The molecule has 3 aromatic rings. The first-order valence-electron chi connectivity index (χ1n) is 6.82. The maximum atomic E-state index is 12.2. The predicted molar refractivity (Wildman–Crippen MR) is 83.1 cm³/mol. The Kier molecular flexibility index (Phi) is 3.47. The van der Waals surface area contributed by atoms with Crippen LogP contribution in [0.15, 0.2) is 46.9 Å².